The summed E-state index contributed by atoms with van der Waals surface area (Å²) in [6.45, 7) is 5.20. The summed E-state index contributed by atoms with van der Waals surface area (Å²) in [5.41, 5.74) is 6.19. The molecule has 0 saturated heterocycles. The molecule has 0 radical (unpaired) electrons. The van der Waals surface area contributed by atoms with Gasteiger partial charge in [0.25, 0.3) is 0 Å². The maximum absolute atomic E-state index is 13.6. The number of benzene rings is 6. The number of quaternary nitrogens is 2. The Morgan fingerprint density at radius 3 is 0.959 bits per heavy atom. The maximum atomic E-state index is 13.6. The van der Waals surface area contributed by atoms with E-state index in [9.17, 15) is 39.0 Å². The van der Waals surface area contributed by atoms with Crippen LogP contribution in [-0.4, -0.2) is 58.5 Å². The number of fused-ring (bicyclic) bond motifs is 4. The van der Waals surface area contributed by atoms with E-state index in [2.05, 4.69) is 77.6 Å². The zero-order valence-electron chi connectivity index (χ0n) is 57.7. The van der Waals surface area contributed by atoms with Gasteiger partial charge in [0.2, 0.25) is 11.6 Å². The van der Waals surface area contributed by atoms with Crippen LogP contribution in [-0.2, 0) is 31.9 Å². The Hall–Kier alpha value is -5.62. The molecule has 2 aliphatic carbocycles. The number of unbranched alkanes of at least 4 members (excludes halogenated alkanes) is 22. The van der Waals surface area contributed by atoms with Gasteiger partial charge in [0, 0.05) is 60.1 Å². The number of nitrogens with two attached hydrogens (primary N) is 2. The third-order valence-corrected chi connectivity index (χ3v) is 22.4. The Morgan fingerprint density at radius 2 is 0.653 bits per heavy atom. The number of carbonyl (C=O) groups excluding carboxylic acids is 6. The molecule has 0 aliphatic heterocycles. The molecule has 2 atom stereocenters. The lowest BCUT2D eigenvalue weighted by atomic mass is 9.78. The molecule has 6 aromatic carbocycles. The highest BCUT2D eigenvalue weighted by molar-refractivity contribution is 9.11. The van der Waals surface area contributed by atoms with Crippen LogP contribution in [0.4, 0.5) is 22.7 Å². The minimum absolute atomic E-state index is 0.0205. The van der Waals surface area contributed by atoms with Crippen LogP contribution in [0.25, 0.3) is 0 Å². The van der Waals surface area contributed by atoms with Crippen molar-refractivity contribution in [2.75, 3.05) is 13.2 Å². The normalized spacial score (nSPS) is 13.1. The number of halogens is 4. The third kappa shape index (κ3) is 22.7. The summed E-state index contributed by atoms with van der Waals surface area (Å²) in [6.07, 6.45) is 39.9. The van der Waals surface area contributed by atoms with Gasteiger partial charge in [0.05, 0.1) is 53.4 Å². The standard InChI is InChI=1S/C82H100Br4N2O10/c1-3-5-7-23-33-57(35-25-19-15-11-9-13-17-21-27-41-71(91)97-49-47-55-51-63(83)77(64(84)52-55)87-67-43-45-69(89)75-73(67)79(93)59-37-29-31-39-61(59)81(75)95)58(34-24-8-6-4-2)36-26-20-16-12-10-14-18-22-28-42-72(92)98-50-48-56-53-65(85)78(66(86)54-56)88-68-44-46-70(90)76-74(68)80(94)60-38-30-32-40-62(60)82(76)96/h29-32,37-40,43-46,51-54,57-58,87-90H,3-28,33-36,41-42,47-50H2,1-2H3/p+2. The average molecular weight is 1600 g/mol. The molecule has 0 heterocycles. The predicted octanol–water partition coefficient (Wildman–Crippen LogP) is 21.4. The lowest BCUT2D eigenvalue weighted by molar-refractivity contribution is -0.480. The Labute approximate surface area is 615 Å². The van der Waals surface area contributed by atoms with E-state index in [4.69, 9.17) is 9.47 Å². The van der Waals surface area contributed by atoms with Crippen LogP contribution in [0.2, 0.25) is 0 Å². The molecule has 6 aromatic rings. The van der Waals surface area contributed by atoms with E-state index in [1.807, 2.05) is 34.9 Å². The lowest BCUT2D eigenvalue weighted by Gasteiger charge is -2.28. The fraction of sp³-hybridized carbons (Fsp3) is 0.488. The Bertz CT molecular complexity index is 3400. The van der Waals surface area contributed by atoms with Gasteiger partial charge in [-0.2, -0.15) is 0 Å². The van der Waals surface area contributed by atoms with Crippen molar-refractivity contribution in [2.24, 2.45) is 11.8 Å². The highest BCUT2D eigenvalue weighted by Crippen LogP contribution is 2.41. The number of rotatable bonds is 45. The zero-order valence-corrected chi connectivity index (χ0v) is 64.0. The van der Waals surface area contributed by atoms with Gasteiger partial charge < -0.3 is 19.7 Å². The van der Waals surface area contributed by atoms with Crippen LogP contribution in [0.15, 0.2) is 115 Å². The first-order chi connectivity index (χ1) is 47.6. The first kappa shape index (κ1) is 78.1. The van der Waals surface area contributed by atoms with Gasteiger partial charge in [0.1, 0.15) is 22.9 Å². The molecule has 8 rings (SSSR count). The van der Waals surface area contributed by atoms with Gasteiger partial charge in [-0.05, 0) is 136 Å². The van der Waals surface area contributed by atoms with Crippen LogP contribution >= 0.6 is 63.7 Å². The second-order valence-corrected chi connectivity index (χ2v) is 30.5. The number of aromatic hydroxyl groups is 2. The smallest absolute Gasteiger partial charge is 0.305 e. The van der Waals surface area contributed by atoms with E-state index in [1.165, 1.54) is 166 Å². The quantitative estimate of drug-likeness (QED) is 0.0123. The third-order valence-electron chi connectivity index (χ3n) is 19.8. The van der Waals surface area contributed by atoms with Crippen molar-refractivity contribution in [3.05, 3.63) is 171 Å². The van der Waals surface area contributed by atoms with Crippen molar-refractivity contribution in [3.8, 4) is 11.5 Å². The van der Waals surface area contributed by atoms with Gasteiger partial charge >= 0.3 is 11.9 Å². The summed E-state index contributed by atoms with van der Waals surface area (Å²) in [5.74, 6) is -0.405. The number of hydrogen-bond donors (Lipinski definition) is 4. The average Bonchev–Trinajstić information content (AvgIpc) is 0.751. The molecular formula is C82H102Br4N2O10+2. The minimum atomic E-state index is -0.374. The molecule has 0 spiro atoms. The molecular weight excluding hydrogens is 1490 g/mol. The van der Waals surface area contributed by atoms with E-state index >= 15 is 0 Å². The van der Waals surface area contributed by atoms with E-state index < -0.39 is 0 Å². The maximum Gasteiger partial charge on any atom is 0.305 e. The van der Waals surface area contributed by atoms with Crippen molar-refractivity contribution in [1.82, 2.24) is 0 Å². The number of carbonyl (C=O) groups is 6. The summed E-state index contributed by atoms with van der Waals surface area (Å²) in [7, 11) is 0. The molecule has 526 valence electrons. The predicted molar refractivity (Wildman–Crippen MR) is 404 cm³/mol. The summed E-state index contributed by atoms with van der Waals surface area (Å²) in [4.78, 5) is 79.5. The molecule has 0 aromatic heterocycles. The number of phenolic OH excluding ortho intramolecular Hbond substituents is 2. The minimum Gasteiger partial charge on any atom is -0.507 e. The molecule has 0 saturated carbocycles. The van der Waals surface area contributed by atoms with E-state index in [-0.39, 0.29) is 93.2 Å². The van der Waals surface area contributed by atoms with Crippen molar-refractivity contribution in [1.29, 1.82) is 0 Å². The van der Waals surface area contributed by atoms with Gasteiger partial charge in [-0.1, -0.05) is 242 Å². The Balaban J connectivity index is 0.645. The summed E-state index contributed by atoms with van der Waals surface area (Å²) in [6, 6.07) is 27.5. The monoisotopic (exact) mass is 1590 g/mol. The van der Waals surface area contributed by atoms with Gasteiger partial charge in [-0.3, -0.25) is 39.4 Å². The Kier molecular flexibility index (Phi) is 32.9. The first-order valence-electron chi connectivity index (χ1n) is 36.6. The molecule has 0 bridgehead atoms. The number of ether oxygens (including phenoxy) is 2. The molecule has 2 unspecified atom stereocenters. The van der Waals surface area contributed by atoms with Gasteiger partial charge in [0.15, 0.2) is 22.9 Å². The topological polar surface area (TPSA) is 195 Å². The number of hydrogen-bond acceptors (Lipinski definition) is 10. The molecule has 12 nitrogen and oxygen atoms in total. The number of ketones is 4. The fourth-order valence-corrected chi connectivity index (χ4v) is 17.3. The van der Waals surface area contributed by atoms with Crippen LogP contribution < -0.4 is 10.6 Å². The van der Waals surface area contributed by atoms with Crippen molar-refractivity contribution in [3.63, 3.8) is 0 Å². The fourth-order valence-electron chi connectivity index (χ4n) is 14.3. The van der Waals surface area contributed by atoms with Crippen LogP contribution in [0.1, 0.15) is 294 Å². The highest BCUT2D eigenvalue weighted by atomic mass is 79.9. The first-order valence-corrected chi connectivity index (χ1v) is 39.8. The molecule has 16 heteroatoms. The summed E-state index contributed by atoms with van der Waals surface area (Å²) in [5, 5.41) is 25.0. The molecule has 6 N–H and O–H groups in total. The molecule has 0 fully saturated rings. The van der Waals surface area contributed by atoms with Crippen LogP contribution in [0.3, 0.4) is 0 Å². The highest BCUT2D eigenvalue weighted by Gasteiger charge is 2.38. The molecule has 0 amide bonds. The van der Waals surface area contributed by atoms with E-state index in [1.54, 1.807) is 60.7 Å². The van der Waals surface area contributed by atoms with E-state index in [0.717, 1.165) is 90.8 Å². The zero-order chi connectivity index (χ0) is 69.8. The lowest BCUT2D eigenvalue weighted by Crippen LogP contribution is -2.72. The molecule has 2 aliphatic rings. The molecule has 98 heavy (non-hydrogen) atoms. The summed E-state index contributed by atoms with van der Waals surface area (Å²) >= 11 is 14.8. The van der Waals surface area contributed by atoms with Crippen molar-refractivity contribution < 1.29 is 59.1 Å². The Morgan fingerprint density at radius 1 is 0.378 bits per heavy atom. The van der Waals surface area contributed by atoms with Crippen molar-refractivity contribution >= 4 is 122 Å². The number of esters is 2. The second-order valence-electron chi connectivity index (χ2n) is 27.1. The van der Waals surface area contributed by atoms with Crippen molar-refractivity contribution in [2.45, 2.75) is 232 Å². The largest absolute Gasteiger partial charge is 0.507 e. The van der Waals surface area contributed by atoms with Crippen LogP contribution in [0.5, 0.6) is 11.5 Å². The second kappa shape index (κ2) is 41.3. The van der Waals surface area contributed by atoms with Gasteiger partial charge in [-0.25, -0.2) is 0 Å². The van der Waals surface area contributed by atoms with Gasteiger partial charge in [-0.15, -0.1) is 0 Å². The van der Waals surface area contributed by atoms with Crippen LogP contribution in [0, 0.1) is 11.8 Å². The van der Waals surface area contributed by atoms with E-state index in [0.29, 0.717) is 48.2 Å². The summed E-state index contributed by atoms with van der Waals surface area (Å²) < 4.78 is 14.4. The SMILES string of the molecule is CCCCCCC(CCCCCCCCCCCC(=O)OCCc1cc(Br)c([NH2+]c2ccc(O)c3c2C(=O)c2ccccc2C3=O)c(Br)c1)C(CCCCCC)CCCCCCCCCCCC(=O)OCCc1cc(Br)c([NH2+]c2ccc(O)c3c2C(=O)c2ccccc2C3=O)c(Br)c1. The number of phenols is 2.